The summed E-state index contributed by atoms with van der Waals surface area (Å²) in [5, 5.41) is 11.2. The number of hydrogen-bond acceptors (Lipinski definition) is 2. The quantitative estimate of drug-likeness (QED) is 0.380. The molecule has 0 aliphatic rings. The SMILES string of the molecule is C/C(=C/C(C)(C)/N=C(\N)C(C)C)CC(C)C(=N)NC(C)C. The molecule has 1 atom stereocenters. The molecule has 0 spiro atoms. The molecule has 0 aromatic carbocycles. The lowest BCUT2D eigenvalue weighted by Gasteiger charge is -2.21. The van der Waals surface area contributed by atoms with Crippen LogP contribution in [0.2, 0.25) is 0 Å². The smallest absolute Gasteiger partial charge is 0.0973 e. The molecule has 0 rings (SSSR count). The predicted octanol–water partition coefficient (Wildman–Crippen LogP) is 3.73. The Bertz CT molecular complexity index is 403. The zero-order valence-corrected chi connectivity index (χ0v) is 15.0. The van der Waals surface area contributed by atoms with E-state index in [-0.39, 0.29) is 17.4 Å². The van der Waals surface area contributed by atoms with Gasteiger partial charge in [-0.05, 0) is 41.0 Å². The van der Waals surface area contributed by atoms with E-state index in [4.69, 9.17) is 11.1 Å². The van der Waals surface area contributed by atoms with E-state index in [2.05, 4.69) is 57.9 Å². The lowest BCUT2D eigenvalue weighted by Crippen LogP contribution is -2.34. The van der Waals surface area contributed by atoms with Crippen LogP contribution in [0.1, 0.15) is 61.8 Å². The van der Waals surface area contributed by atoms with Crippen molar-refractivity contribution in [2.24, 2.45) is 22.6 Å². The first-order valence-corrected chi connectivity index (χ1v) is 7.83. The minimum Gasteiger partial charge on any atom is -0.387 e. The fourth-order valence-corrected chi connectivity index (χ4v) is 2.19. The van der Waals surface area contributed by atoms with Crippen molar-refractivity contribution < 1.29 is 0 Å². The molecule has 122 valence electrons. The molecule has 0 saturated carbocycles. The highest BCUT2D eigenvalue weighted by Gasteiger charge is 2.17. The van der Waals surface area contributed by atoms with E-state index in [0.29, 0.717) is 17.7 Å². The van der Waals surface area contributed by atoms with Gasteiger partial charge in [0.25, 0.3) is 0 Å². The van der Waals surface area contributed by atoms with Crippen LogP contribution in [0.15, 0.2) is 16.6 Å². The molecule has 0 aromatic rings. The number of nitrogens with zero attached hydrogens (tertiary/aromatic N) is 1. The maximum Gasteiger partial charge on any atom is 0.0973 e. The largest absolute Gasteiger partial charge is 0.387 e. The van der Waals surface area contributed by atoms with Crippen LogP contribution in [0.25, 0.3) is 0 Å². The summed E-state index contributed by atoms with van der Waals surface area (Å²) < 4.78 is 0. The molecular weight excluding hydrogens is 260 g/mol. The van der Waals surface area contributed by atoms with Gasteiger partial charge >= 0.3 is 0 Å². The van der Waals surface area contributed by atoms with Crippen LogP contribution in [0, 0.1) is 17.2 Å². The van der Waals surface area contributed by atoms with Crippen molar-refractivity contribution in [1.29, 1.82) is 5.41 Å². The molecule has 0 bridgehead atoms. The van der Waals surface area contributed by atoms with E-state index in [1.807, 2.05) is 13.8 Å². The van der Waals surface area contributed by atoms with Gasteiger partial charge in [0.1, 0.15) is 0 Å². The zero-order chi connectivity index (χ0) is 16.8. The van der Waals surface area contributed by atoms with Crippen LogP contribution < -0.4 is 11.1 Å². The van der Waals surface area contributed by atoms with Gasteiger partial charge in [-0.15, -0.1) is 0 Å². The van der Waals surface area contributed by atoms with Gasteiger partial charge in [-0.25, -0.2) is 0 Å². The number of amidine groups is 2. The molecule has 0 heterocycles. The Balaban J connectivity index is 4.81. The second kappa shape index (κ2) is 8.20. The molecule has 0 amide bonds. The monoisotopic (exact) mass is 294 g/mol. The van der Waals surface area contributed by atoms with Crippen molar-refractivity contribution in [1.82, 2.24) is 5.32 Å². The molecule has 21 heavy (non-hydrogen) atoms. The number of nitrogens with one attached hydrogen (secondary N) is 2. The van der Waals surface area contributed by atoms with Crippen LogP contribution in [0.5, 0.6) is 0 Å². The topological polar surface area (TPSA) is 74.3 Å². The van der Waals surface area contributed by atoms with Gasteiger partial charge in [0, 0.05) is 17.9 Å². The molecule has 0 aliphatic carbocycles. The van der Waals surface area contributed by atoms with Crippen molar-refractivity contribution in [2.45, 2.75) is 73.4 Å². The second-order valence-electron chi connectivity index (χ2n) is 7.15. The molecular formula is C17H34N4. The molecule has 0 radical (unpaired) electrons. The number of aliphatic imine (C=N–C) groups is 1. The second-order valence-corrected chi connectivity index (χ2v) is 7.15. The van der Waals surface area contributed by atoms with Crippen LogP contribution in [-0.2, 0) is 0 Å². The molecule has 4 N–H and O–H groups in total. The number of allylic oxidation sites excluding steroid dienone is 1. The van der Waals surface area contributed by atoms with Gasteiger partial charge in [-0.1, -0.05) is 32.4 Å². The normalized spacial score (nSPS) is 15.5. The maximum absolute atomic E-state index is 8.03. The van der Waals surface area contributed by atoms with Gasteiger partial charge in [0.05, 0.1) is 17.2 Å². The van der Waals surface area contributed by atoms with Gasteiger partial charge in [0.15, 0.2) is 0 Å². The van der Waals surface area contributed by atoms with Crippen LogP contribution in [-0.4, -0.2) is 23.3 Å². The average molecular weight is 294 g/mol. The molecule has 0 fully saturated rings. The number of hydrogen-bond donors (Lipinski definition) is 3. The third-order valence-corrected chi connectivity index (χ3v) is 3.17. The lowest BCUT2D eigenvalue weighted by atomic mass is 9.95. The Hall–Kier alpha value is -1.32. The Kier molecular flexibility index (Phi) is 7.69. The molecule has 4 nitrogen and oxygen atoms in total. The molecule has 0 saturated heterocycles. The minimum absolute atomic E-state index is 0.186. The highest BCUT2D eigenvalue weighted by molar-refractivity contribution is 5.83. The van der Waals surface area contributed by atoms with Crippen LogP contribution in [0.4, 0.5) is 0 Å². The Morgan fingerprint density at radius 2 is 1.76 bits per heavy atom. The molecule has 0 aliphatic heterocycles. The Morgan fingerprint density at radius 1 is 1.24 bits per heavy atom. The van der Waals surface area contributed by atoms with E-state index < -0.39 is 0 Å². The number of nitrogens with two attached hydrogens (primary N) is 1. The third kappa shape index (κ3) is 8.53. The van der Waals surface area contributed by atoms with Gasteiger partial charge in [-0.3, -0.25) is 10.4 Å². The fraction of sp³-hybridized carbons (Fsp3) is 0.765. The standard InChI is InChI=1S/C17H34N4/c1-11(2)15(18)21-17(7,8)10-13(5)9-14(6)16(19)20-12(3)4/h10-12,14H,9H2,1-8H3,(H2,18,21)(H2,19,20)/b13-10-. The zero-order valence-electron chi connectivity index (χ0n) is 15.0. The summed E-state index contributed by atoms with van der Waals surface area (Å²) in [5.74, 6) is 1.73. The van der Waals surface area contributed by atoms with Gasteiger partial charge < -0.3 is 11.1 Å². The average Bonchev–Trinajstić information content (AvgIpc) is 2.25. The minimum atomic E-state index is -0.300. The van der Waals surface area contributed by atoms with E-state index in [9.17, 15) is 0 Å². The first-order valence-electron chi connectivity index (χ1n) is 7.83. The predicted molar refractivity (Wildman–Crippen MR) is 94.1 cm³/mol. The first kappa shape index (κ1) is 19.7. The van der Waals surface area contributed by atoms with Crippen molar-refractivity contribution in [2.75, 3.05) is 0 Å². The first-order chi connectivity index (χ1) is 9.44. The van der Waals surface area contributed by atoms with Crippen molar-refractivity contribution in [3.8, 4) is 0 Å². The van der Waals surface area contributed by atoms with Crippen LogP contribution in [0.3, 0.4) is 0 Å². The van der Waals surface area contributed by atoms with Crippen molar-refractivity contribution in [3.05, 3.63) is 11.6 Å². The summed E-state index contributed by atoms with van der Waals surface area (Å²) in [6.07, 6.45) is 3.01. The molecule has 1 unspecified atom stereocenters. The van der Waals surface area contributed by atoms with Gasteiger partial charge in [-0.2, -0.15) is 0 Å². The van der Waals surface area contributed by atoms with E-state index >= 15 is 0 Å². The van der Waals surface area contributed by atoms with Crippen molar-refractivity contribution in [3.63, 3.8) is 0 Å². The van der Waals surface area contributed by atoms with Crippen molar-refractivity contribution >= 4 is 11.7 Å². The summed E-state index contributed by atoms with van der Waals surface area (Å²) >= 11 is 0. The number of rotatable bonds is 7. The van der Waals surface area contributed by atoms with E-state index in [1.165, 1.54) is 5.57 Å². The summed E-state index contributed by atoms with van der Waals surface area (Å²) in [4.78, 5) is 4.60. The highest BCUT2D eigenvalue weighted by atomic mass is 15.0. The fourth-order valence-electron chi connectivity index (χ4n) is 2.19. The summed E-state index contributed by atoms with van der Waals surface area (Å²) in [6.45, 7) is 16.5. The maximum atomic E-state index is 8.03. The third-order valence-electron chi connectivity index (χ3n) is 3.17. The van der Waals surface area contributed by atoms with E-state index in [0.717, 1.165) is 6.42 Å². The summed E-state index contributed by atoms with van der Waals surface area (Å²) in [7, 11) is 0. The summed E-state index contributed by atoms with van der Waals surface area (Å²) in [5.41, 5.74) is 6.90. The van der Waals surface area contributed by atoms with E-state index in [1.54, 1.807) is 0 Å². The highest BCUT2D eigenvalue weighted by Crippen LogP contribution is 2.19. The molecule has 4 heteroatoms. The summed E-state index contributed by atoms with van der Waals surface area (Å²) in [6, 6.07) is 0.302. The molecule has 0 aromatic heterocycles. The van der Waals surface area contributed by atoms with Gasteiger partial charge in [0.2, 0.25) is 0 Å². The van der Waals surface area contributed by atoms with Crippen LogP contribution >= 0.6 is 0 Å². The Labute approximate surface area is 130 Å². The lowest BCUT2D eigenvalue weighted by molar-refractivity contribution is 0.621. The Morgan fingerprint density at radius 3 is 2.19 bits per heavy atom.